The molecular weight excluding hydrogens is 270 g/mol. The Balaban J connectivity index is 1.92. The van der Waals surface area contributed by atoms with E-state index in [1.807, 2.05) is 6.92 Å². The molecule has 0 radical (unpaired) electrons. The summed E-state index contributed by atoms with van der Waals surface area (Å²) in [7, 11) is 0. The van der Waals surface area contributed by atoms with Gasteiger partial charge in [0.1, 0.15) is 0 Å². The number of likely N-dealkylation sites (tertiary alicyclic amines) is 1. The smallest absolute Gasteiger partial charge is 0.239 e. The summed E-state index contributed by atoms with van der Waals surface area (Å²) < 4.78 is 0. The summed E-state index contributed by atoms with van der Waals surface area (Å²) >= 11 is 4.97. The topological polar surface area (TPSA) is 49.6 Å². The van der Waals surface area contributed by atoms with Gasteiger partial charge in [-0.3, -0.25) is 9.69 Å². The van der Waals surface area contributed by atoms with Gasteiger partial charge in [-0.1, -0.05) is 25.1 Å². The van der Waals surface area contributed by atoms with E-state index in [9.17, 15) is 4.79 Å². The Morgan fingerprint density at radius 3 is 2.40 bits per heavy atom. The Morgan fingerprint density at radius 2 is 1.90 bits per heavy atom. The lowest BCUT2D eigenvalue weighted by atomic mass is 10.2. The Kier molecular flexibility index (Phi) is 5.78. The van der Waals surface area contributed by atoms with Crippen LogP contribution >= 0.6 is 12.2 Å². The number of carbonyl (C=O) groups excluding carboxylic acids is 1. The van der Waals surface area contributed by atoms with Crippen LogP contribution in [0.3, 0.4) is 0 Å². The first kappa shape index (κ1) is 15.7. The Morgan fingerprint density at radius 1 is 1.30 bits per heavy atom. The highest BCUT2D eigenvalue weighted by Gasteiger charge is 2.36. The van der Waals surface area contributed by atoms with Crippen molar-refractivity contribution in [3.05, 3.63) is 0 Å². The van der Waals surface area contributed by atoms with Crippen molar-refractivity contribution in [1.82, 2.24) is 9.80 Å². The number of hydrogen-bond acceptors (Lipinski definition) is 3. The van der Waals surface area contributed by atoms with Crippen molar-refractivity contribution >= 4 is 23.1 Å². The van der Waals surface area contributed by atoms with Gasteiger partial charge in [0.2, 0.25) is 5.91 Å². The third kappa shape index (κ3) is 4.42. The normalized spacial score (nSPS) is 21.6. The molecule has 20 heavy (non-hydrogen) atoms. The zero-order chi connectivity index (χ0) is 14.5. The van der Waals surface area contributed by atoms with Crippen LogP contribution in [0, 0.1) is 0 Å². The molecule has 0 bridgehead atoms. The second-order valence-electron chi connectivity index (χ2n) is 6.10. The van der Waals surface area contributed by atoms with Crippen molar-refractivity contribution in [2.45, 2.75) is 64.0 Å². The fourth-order valence-corrected chi connectivity index (χ4v) is 3.13. The number of amides is 1. The first-order valence-electron chi connectivity index (χ1n) is 7.92. The summed E-state index contributed by atoms with van der Waals surface area (Å²) in [5.74, 6) is 0.293. The predicted octanol–water partition coefficient (Wildman–Crippen LogP) is 1.92. The highest BCUT2D eigenvalue weighted by atomic mass is 32.1. The van der Waals surface area contributed by atoms with Crippen molar-refractivity contribution in [1.29, 1.82) is 0 Å². The molecule has 2 aliphatic rings. The number of hydrogen-bond donors (Lipinski definition) is 1. The molecule has 1 heterocycles. The minimum absolute atomic E-state index is 0.0325. The van der Waals surface area contributed by atoms with Gasteiger partial charge in [0.15, 0.2) is 0 Å². The second-order valence-corrected chi connectivity index (χ2v) is 6.63. The van der Waals surface area contributed by atoms with Gasteiger partial charge in [-0.2, -0.15) is 0 Å². The number of thiocarbonyl (C=S) groups is 1. The lowest BCUT2D eigenvalue weighted by molar-refractivity contribution is -0.136. The Hall–Kier alpha value is -0.680. The van der Waals surface area contributed by atoms with Crippen LogP contribution in [-0.2, 0) is 4.79 Å². The molecule has 2 rings (SSSR count). The van der Waals surface area contributed by atoms with Gasteiger partial charge >= 0.3 is 0 Å². The lowest BCUT2D eigenvalue weighted by Gasteiger charge is -2.32. The zero-order valence-electron chi connectivity index (χ0n) is 12.5. The quantitative estimate of drug-likeness (QED) is 0.761. The van der Waals surface area contributed by atoms with Crippen LogP contribution in [-0.4, -0.2) is 52.4 Å². The number of rotatable bonds is 6. The van der Waals surface area contributed by atoms with E-state index in [-0.39, 0.29) is 6.04 Å². The van der Waals surface area contributed by atoms with Crippen LogP contribution in [0.15, 0.2) is 0 Å². The molecule has 2 fully saturated rings. The summed E-state index contributed by atoms with van der Waals surface area (Å²) in [6.07, 6.45) is 7.93. The molecule has 1 amide bonds. The maximum atomic E-state index is 12.7. The average molecular weight is 297 g/mol. The van der Waals surface area contributed by atoms with Gasteiger partial charge in [-0.15, -0.1) is 0 Å². The standard InChI is InChI=1S/C15H27N3OS/c1-12(15(19)17-9-4-2-3-5-10-17)18(13-6-7-13)11-8-14(16)20/h12-13H,2-11H2,1H3,(H2,16,20). The lowest BCUT2D eigenvalue weighted by Crippen LogP contribution is -2.49. The molecule has 0 aromatic carbocycles. The molecule has 2 N–H and O–H groups in total. The number of nitrogens with zero attached hydrogens (tertiary/aromatic N) is 2. The van der Waals surface area contributed by atoms with E-state index in [1.165, 1.54) is 25.7 Å². The maximum Gasteiger partial charge on any atom is 0.239 e. The Bertz CT molecular complexity index is 349. The summed E-state index contributed by atoms with van der Waals surface area (Å²) in [6.45, 7) is 4.72. The van der Waals surface area contributed by atoms with Gasteiger partial charge < -0.3 is 10.6 Å². The molecule has 1 aliphatic carbocycles. The van der Waals surface area contributed by atoms with E-state index >= 15 is 0 Å². The van der Waals surface area contributed by atoms with Crippen LogP contribution in [0.2, 0.25) is 0 Å². The van der Waals surface area contributed by atoms with Gasteiger partial charge in [0.25, 0.3) is 0 Å². The molecule has 114 valence electrons. The van der Waals surface area contributed by atoms with Crippen molar-refractivity contribution in [3.8, 4) is 0 Å². The predicted molar refractivity (Wildman–Crippen MR) is 85.6 cm³/mol. The Labute approximate surface area is 127 Å². The number of carbonyl (C=O) groups is 1. The molecule has 1 unspecified atom stereocenters. The van der Waals surface area contributed by atoms with Crippen LogP contribution in [0.4, 0.5) is 0 Å². The minimum Gasteiger partial charge on any atom is -0.393 e. The SMILES string of the molecule is CC(C(=O)N1CCCCCC1)N(CCC(N)=S)C1CC1. The molecule has 4 nitrogen and oxygen atoms in total. The van der Waals surface area contributed by atoms with Crippen LogP contribution in [0.25, 0.3) is 0 Å². The molecular formula is C15H27N3OS. The van der Waals surface area contributed by atoms with Crippen molar-refractivity contribution < 1.29 is 4.79 Å². The van der Waals surface area contributed by atoms with Gasteiger partial charge in [0, 0.05) is 32.1 Å². The first-order chi connectivity index (χ1) is 9.59. The third-order valence-corrected chi connectivity index (χ3v) is 4.61. The molecule has 5 heteroatoms. The number of nitrogens with two attached hydrogens (primary N) is 1. The second kappa shape index (κ2) is 7.36. The fraction of sp³-hybridized carbons (Fsp3) is 0.867. The molecule has 1 saturated carbocycles. The largest absolute Gasteiger partial charge is 0.393 e. The molecule has 0 aromatic heterocycles. The molecule has 1 aliphatic heterocycles. The fourth-order valence-electron chi connectivity index (χ4n) is 3.04. The minimum atomic E-state index is -0.0325. The summed E-state index contributed by atoms with van der Waals surface area (Å²) in [5.41, 5.74) is 5.61. The zero-order valence-corrected chi connectivity index (χ0v) is 13.3. The summed E-state index contributed by atoms with van der Waals surface area (Å²) in [4.78, 5) is 17.6. The highest BCUT2D eigenvalue weighted by molar-refractivity contribution is 7.80. The van der Waals surface area contributed by atoms with Crippen LogP contribution < -0.4 is 5.73 Å². The average Bonchev–Trinajstić information content (AvgIpc) is 3.24. The highest BCUT2D eigenvalue weighted by Crippen LogP contribution is 2.29. The molecule has 1 saturated heterocycles. The summed E-state index contributed by atoms with van der Waals surface area (Å²) in [5, 5.41) is 0. The van der Waals surface area contributed by atoms with E-state index in [0.29, 0.717) is 23.4 Å². The van der Waals surface area contributed by atoms with E-state index in [2.05, 4.69) is 9.80 Å². The molecule has 1 atom stereocenters. The van der Waals surface area contributed by atoms with Gasteiger partial charge in [-0.05, 0) is 32.6 Å². The van der Waals surface area contributed by atoms with Crippen LogP contribution in [0.1, 0.15) is 51.9 Å². The molecule has 0 spiro atoms. The van der Waals surface area contributed by atoms with Crippen molar-refractivity contribution in [2.24, 2.45) is 5.73 Å². The van der Waals surface area contributed by atoms with E-state index in [1.54, 1.807) is 0 Å². The van der Waals surface area contributed by atoms with Gasteiger partial charge in [0.05, 0.1) is 11.0 Å². The third-order valence-electron chi connectivity index (χ3n) is 4.40. The van der Waals surface area contributed by atoms with Crippen LogP contribution in [0.5, 0.6) is 0 Å². The van der Waals surface area contributed by atoms with E-state index < -0.39 is 0 Å². The van der Waals surface area contributed by atoms with E-state index in [0.717, 1.165) is 32.5 Å². The van der Waals surface area contributed by atoms with Crippen molar-refractivity contribution in [3.63, 3.8) is 0 Å². The maximum absolute atomic E-state index is 12.7. The monoisotopic (exact) mass is 297 g/mol. The first-order valence-corrected chi connectivity index (χ1v) is 8.33. The van der Waals surface area contributed by atoms with Crippen molar-refractivity contribution in [2.75, 3.05) is 19.6 Å². The van der Waals surface area contributed by atoms with E-state index in [4.69, 9.17) is 18.0 Å². The summed E-state index contributed by atoms with van der Waals surface area (Å²) in [6, 6.07) is 0.533. The van der Waals surface area contributed by atoms with Gasteiger partial charge in [-0.25, -0.2) is 0 Å². The molecule has 0 aromatic rings.